The number of rotatable bonds is 2. The van der Waals surface area contributed by atoms with E-state index in [9.17, 15) is 0 Å². The highest BCUT2D eigenvalue weighted by atomic mass is 32.1. The van der Waals surface area contributed by atoms with Crippen molar-refractivity contribution in [2.24, 2.45) is 0 Å². The third-order valence-electron chi connectivity index (χ3n) is 2.79. The molecule has 4 heteroatoms. The predicted octanol–water partition coefficient (Wildman–Crippen LogP) is 3.64. The van der Waals surface area contributed by atoms with Crippen molar-refractivity contribution in [2.45, 2.75) is 27.2 Å². The lowest BCUT2D eigenvalue weighted by atomic mass is 10.1. The number of aryl methyl sites for hydroxylation is 2. The van der Waals surface area contributed by atoms with Crippen LogP contribution in [0.1, 0.15) is 28.9 Å². The Kier molecular flexibility index (Phi) is 2.95. The van der Waals surface area contributed by atoms with Gasteiger partial charge >= 0.3 is 0 Å². The lowest BCUT2D eigenvalue weighted by molar-refractivity contribution is 0.505. The fraction of sp³-hybridized carbons (Fsp3) is 0.308. The van der Waals surface area contributed by atoms with Gasteiger partial charge in [-0.1, -0.05) is 6.92 Å². The van der Waals surface area contributed by atoms with E-state index in [1.54, 1.807) is 0 Å². The fourth-order valence-corrected chi connectivity index (χ4v) is 3.16. The number of thiophene rings is 1. The summed E-state index contributed by atoms with van der Waals surface area (Å²) < 4.78 is 5.53. The van der Waals surface area contributed by atoms with Crippen molar-refractivity contribution in [3.63, 3.8) is 0 Å². The van der Waals surface area contributed by atoms with Gasteiger partial charge in [-0.2, -0.15) is 5.26 Å². The summed E-state index contributed by atoms with van der Waals surface area (Å²) in [5.74, 6) is 1.76. The Labute approximate surface area is 104 Å². The maximum Gasteiger partial charge on any atom is 0.128 e. The summed E-state index contributed by atoms with van der Waals surface area (Å²) in [6, 6.07) is 4.15. The normalized spacial score (nSPS) is 10.5. The highest BCUT2D eigenvalue weighted by molar-refractivity contribution is 7.16. The number of nitrogens with zero attached hydrogens (tertiary/aromatic N) is 1. The van der Waals surface area contributed by atoms with Gasteiger partial charge in [0, 0.05) is 10.4 Å². The Balaban J connectivity index is 2.68. The lowest BCUT2D eigenvalue weighted by Gasteiger charge is -2.00. The van der Waals surface area contributed by atoms with Crippen molar-refractivity contribution in [3.8, 4) is 16.5 Å². The molecule has 0 aliphatic carbocycles. The molecule has 0 fully saturated rings. The molecule has 0 aromatic carbocycles. The van der Waals surface area contributed by atoms with Crippen molar-refractivity contribution in [3.05, 3.63) is 28.0 Å². The lowest BCUT2D eigenvalue weighted by Crippen LogP contribution is -1.91. The summed E-state index contributed by atoms with van der Waals surface area (Å²) in [5.41, 5.74) is 8.70. The third kappa shape index (κ3) is 1.83. The molecule has 88 valence electrons. The van der Waals surface area contributed by atoms with E-state index < -0.39 is 0 Å². The van der Waals surface area contributed by atoms with E-state index in [0.717, 1.165) is 33.9 Å². The third-order valence-corrected chi connectivity index (χ3v) is 3.97. The van der Waals surface area contributed by atoms with Gasteiger partial charge in [0.05, 0.1) is 5.69 Å². The Morgan fingerprint density at radius 2 is 2.18 bits per heavy atom. The van der Waals surface area contributed by atoms with Crippen molar-refractivity contribution in [1.29, 1.82) is 5.26 Å². The van der Waals surface area contributed by atoms with E-state index in [1.165, 1.54) is 11.3 Å². The van der Waals surface area contributed by atoms with Gasteiger partial charge in [0.15, 0.2) is 0 Å². The van der Waals surface area contributed by atoms with E-state index in [0.29, 0.717) is 10.6 Å². The summed E-state index contributed by atoms with van der Waals surface area (Å²) in [4.78, 5) is 1.66. The Morgan fingerprint density at radius 1 is 1.47 bits per heavy atom. The molecular weight excluding hydrogens is 232 g/mol. The smallest absolute Gasteiger partial charge is 0.128 e. The topological polar surface area (TPSA) is 63.0 Å². The number of nitrogen functional groups attached to an aromatic ring is 1. The fourth-order valence-electron chi connectivity index (χ4n) is 1.99. The van der Waals surface area contributed by atoms with E-state index in [2.05, 4.69) is 6.07 Å². The average molecular weight is 246 g/mol. The maximum atomic E-state index is 9.03. The zero-order valence-corrected chi connectivity index (χ0v) is 10.9. The van der Waals surface area contributed by atoms with Gasteiger partial charge < -0.3 is 10.2 Å². The molecule has 2 aromatic rings. The summed E-state index contributed by atoms with van der Waals surface area (Å²) in [6.45, 7) is 5.90. The number of furan rings is 1. The summed E-state index contributed by atoms with van der Waals surface area (Å²) >= 11 is 1.45. The van der Waals surface area contributed by atoms with Gasteiger partial charge in [0.25, 0.3) is 0 Å². The molecule has 2 heterocycles. The standard InChI is InChI=1S/C13H14N2OS/c1-4-9-12(15)11(6-14)17-13(9)10-5-7(2)16-8(10)3/h5H,4,15H2,1-3H3. The quantitative estimate of drug-likeness (QED) is 0.879. The van der Waals surface area contributed by atoms with Gasteiger partial charge in [-0.15, -0.1) is 11.3 Å². The highest BCUT2D eigenvalue weighted by Gasteiger charge is 2.18. The highest BCUT2D eigenvalue weighted by Crippen LogP contribution is 2.40. The molecule has 2 N–H and O–H groups in total. The average Bonchev–Trinajstić information content (AvgIpc) is 2.78. The molecule has 0 amide bonds. The van der Waals surface area contributed by atoms with E-state index >= 15 is 0 Å². The monoisotopic (exact) mass is 246 g/mol. The first-order valence-electron chi connectivity index (χ1n) is 5.47. The van der Waals surface area contributed by atoms with Crippen LogP contribution in [0.25, 0.3) is 10.4 Å². The van der Waals surface area contributed by atoms with Crippen LogP contribution >= 0.6 is 11.3 Å². The molecular formula is C13H14N2OS. The molecule has 17 heavy (non-hydrogen) atoms. The molecule has 0 bridgehead atoms. The number of hydrogen-bond acceptors (Lipinski definition) is 4. The van der Waals surface area contributed by atoms with Crippen LogP contribution in [0, 0.1) is 25.2 Å². The van der Waals surface area contributed by atoms with Gasteiger partial charge in [-0.25, -0.2) is 0 Å². The summed E-state index contributed by atoms with van der Waals surface area (Å²) in [6.07, 6.45) is 0.822. The largest absolute Gasteiger partial charge is 0.466 e. The van der Waals surface area contributed by atoms with Crippen LogP contribution in [-0.4, -0.2) is 0 Å². The summed E-state index contributed by atoms with van der Waals surface area (Å²) in [7, 11) is 0. The zero-order chi connectivity index (χ0) is 12.6. The molecule has 0 unspecified atom stereocenters. The SMILES string of the molecule is CCc1c(-c2cc(C)oc2C)sc(C#N)c1N. The van der Waals surface area contributed by atoms with E-state index in [1.807, 2.05) is 26.8 Å². The predicted molar refractivity (Wildman–Crippen MR) is 70.0 cm³/mol. The maximum absolute atomic E-state index is 9.03. The van der Waals surface area contributed by atoms with Crippen molar-refractivity contribution < 1.29 is 4.42 Å². The molecule has 2 rings (SSSR count). The van der Waals surface area contributed by atoms with Crippen molar-refractivity contribution in [2.75, 3.05) is 5.73 Å². The number of anilines is 1. The van der Waals surface area contributed by atoms with Crippen LogP contribution in [0.15, 0.2) is 10.5 Å². The second kappa shape index (κ2) is 4.27. The number of nitriles is 1. The minimum atomic E-state index is 0.593. The Hall–Kier alpha value is -1.73. The molecule has 0 radical (unpaired) electrons. The number of hydrogen-bond donors (Lipinski definition) is 1. The molecule has 0 spiro atoms. The van der Waals surface area contributed by atoms with Gasteiger partial charge in [-0.3, -0.25) is 0 Å². The van der Waals surface area contributed by atoms with E-state index in [4.69, 9.17) is 15.4 Å². The molecule has 2 aromatic heterocycles. The van der Waals surface area contributed by atoms with Crippen LogP contribution in [-0.2, 0) is 6.42 Å². The molecule has 0 aliphatic heterocycles. The molecule has 0 atom stereocenters. The summed E-state index contributed by atoms with van der Waals surface area (Å²) in [5, 5.41) is 9.03. The Morgan fingerprint density at radius 3 is 2.65 bits per heavy atom. The minimum Gasteiger partial charge on any atom is -0.466 e. The first-order valence-corrected chi connectivity index (χ1v) is 6.28. The zero-order valence-electron chi connectivity index (χ0n) is 10.1. The van der Waals surface area contributed by atoms with Crippen molar-refractivity contribution >= 4 is 17.0 Å². The number of nitrogens with two attached hydrogens (primary N) is 1. The Bertz CT molecular complexity index is 602. The van der Waals surface area contributed by atoms with Crippen LogP contribution in [0.4, 0.5) is 5.69 Å². The van der Waals surface area contributed by atoms with Crippen LogP contribution in [0.3, 0.4) is 0 Å². The molecule has 0 saturated heterocycles. The van der Waals surface area contributed by atoms with Crippen LogP contribution < -0.4 is 5.73 Å². The first-order chi connectivity index (χ1) is 8.08. The molecule has 3 nitrogen and oxygen atoms in total. The van der Waals surface area contributed by atoms with Gasteiger partial charge in [0.1, 0.15) is 22.5 Å². The minimum absolute atomic E-state index is 0.593. The second-order valence-electron chi connectivity index (χ2n) is 3.94. The van der Waals surface area contributed by atoms with E-state index in [-0.39, 0.29) is 0 Å². The van der Waals surface area contributed by atoms with Crippen molar-refractivity contribution in [1.82, 2.24) is 0 Å². The molecule has 0 saturated carbocycles. The van der Waals surface area contributed by atoms with Gasteiger partial charge in [0.2, 0.25) is 0 Å². The van der Waals surface area contributed by atoms with Crippen LogP contribution in [0.5, 0.6) is 0 Å². The second-order valence-corrected chi connectivity index (χ2v) is 4.97. The van der Waals surface area contributed by atoms with Crippen LogP contribution in [0.2, 0.25) is 0 Å². The first kappa shape index (κ1) is 11.7. The van der Waals surface area contributed by atoms with Gasteiger partial charge in [-0.05, 0) is 31.9 Å². The molecule has 0 aliphatic rings.